The van der Waals surface area contributed by atoms with Crippen molar-refractivity contribution < 1.29 is 0 Å². The van der Waals surface area contributed by atoms with Crippen molar-refractivity contribution >= 4 is 34.4 Å². The molecule has 24 heavy (non-hydrogen) atoms. The summed E-state index contributed by atoms with van der Waals surface area (Å²) in [7, 11) is 2.10. The molecule has 0 radical (unpaired) electrons. The minimum absolute atomic E-state index is 0.406. The fourth-order valence-electron chi connectivity index (χ4n) is 3.05. The van der Waals surface area contributed by atoms with Crippen LogP contribution in [-0.2, 0) is 0 Å². The zero-order chi connectivity index (χ0) is 17.1. The normalized spacial score (nSPS) is 16.7. The van der Waals surface area contributed by atoms with Crippen LogP contribution in [0.15, 0.2) is 24.5 Å². The van der Waals surface area contributed by atoms with Crippen molar-refractivity contribution in [2.45, 2.75) is 38.8 Å². The van der Waals surface area contributed by atoms with Crippen molar-refractivity contribution in [3.8, 4) is 0 Å². The Hall–Kier alpha value is -1.53. The second-order valence-corrected chi connectivity index (χ2v) is 7.54. The van der Waals surface area contributed by atoms with E-state index < -0.39 is 0 Å². The van der Waals surface area contributed by atoms with Gasteiger partial charge in [-0.25, -0.2) is 9.97 Å². The van der Waals surface area contributed by atoms with Gasteiger partial charge in [0.2, 0.25) is 0 Å². The molecule has 2 aromatic rings. The maximum atomic E-state index is 4.61. The summed E-state index contributed by atoms with van der Waals surface area (Å²) in [4.78, 5) is 11.4. The molecule has 1 aliphatic heterocycles. The summed E-state index contributed by atoms with van der Waals surface area (Å²) in [6.07, 6.45) is 8.29. The van der Waals surface area contributed by atoms with Crippen molar-refractivity contribution in [2.75, 3.05) is 36.6 Å². The number of piperidine rings is 1. The number of aromatic nitrogens is 2. The molecule has 3 heterocycles. The van der Waals surface area contributed by atoms with Crippen molar-refractivity contribution in [3.05, 3.63) is 24.5 Å². The first-order valence-electron chi connectivity index (χ1n) is 8.61. The quantitative estimate of drug-likeness (QED) is 0.835. The van der Waals surface area contributed by atoms with Crippen LogP contribution in [0.3, 0.4) is 0 Å². The van der Waals surface area contributed by atoms with E-state index in [9.17, 15) is 0 Å². The Morgan fingerprint density at radius 3 is 2.71 bits per heavy atom. The SMILES string of the molecule is CSN1CCC(Nc2cc3c(N(C)C(C)C)nccc3cn2)CC1. The second kappa shape index (κ2) is 7.57. The van der Waals surface area contributed by atoms with Gasteiger partial charge in [0.15, 0.2) is 0 Å². The molecule has 6 heteroatoms. The lowest BCUT2D eigenvalue weighted by atomic mass is 10.1. The molecule has 2 aromatic heterocycles. The molecule has 0 spiro atoms. The minimum atomic E-state index is 0.406. The number of hydrogen-bond donors (Lipinski definition) is 1. The third-order valence-corrected chi connectivity index (χ3v) is 5.68. The molecule has 3 rings (SSSR count). The summed E-state index contributed by atoms with van der Waals surface area (Å²) in [5, 5.41) is 5.91. The van der Waals surface area contributed by atoms with Gasteiger partial charge in [0.25, 0.3) is 0 Å². The van der Waals surface area contributed by atoms with E-state index in [-0.39, 0.29) is 0 Å². The third kappa shape index (κ3) is 3.75. The first-order valence-corrected chi connectivity index (χ1v) is 9.80. The van der Waals surface area contributed by atoms with Gasteiger partial charge in [-0.1, -0.05) is 11.9 Å². The summed E-state index contributed by atoms with van der Waals surface area (Å²) in [6, 6.07) is 5.09. The van der Waals surface area contributed by atoms with Gasteiger partial charge in [-0.3, -0.25) is 4.31 Å². The van der Waals surface area contributed by atoms with Crippen molar-refractivity contribution in [1.29, 1.82) is 0 Å². The summed E-state index contributed by atoms with van der Waals surface area (Å²) in [6.45, 7) is 6.63. The number of nitrogens with one attached hydrogen (secondary N) is 1. The molecule has 1 aliphatic rings. The standard InChI is InChI=1S/C18H27N5S/c1-13(2)22(3)18-16-11-17(20-12-14(16)5-8-19-18)21-15-6-9-23(24-4)10-7-15/h5,8,11-13,15H,6-7,9-10H2,1-4H3,(H,20,21). The van der Waals surface area contributed by atoms with Crippen LogP contribution in [0.25, 0.3) is 10.8 Å². The number of hydrogen-bond acceptors (Lipinski definition) is 6. The van der Waals surface area contributed by atoms with E-state index in [2.05, 4.69) is 57.7 Å². The van der Waals surface area contributed by atoms with Gasteiger partial charge in [0.1, 0.15) is 11.6 Å². The minimum Gasteiger partial charge on any atom is -0.367 e. The molecular formula is C18H27N5S. The second-order valence-electron chi connectivity index (χ2n) is 6.66. The van der Waals surface area contributed by atoms with Gasteiger partial charge in [-0.05, 0) is 45.1 Å². The fourth-order valence-corrected chi connectivity index (χ4v) is 3.62. The van der Waals surface area contributed by atoms with Gasteiger partial charge < -0.3 is 10.2 Å². The van der Waals surface area contributed by atoms with Gasteiger partial charge in [-0.2, -0.15) is 0 Å². The molecule has 0 aromatic carbocycles. The molecule has 0 amide bonds. The number of pyridine rings is 2. The van der Waals surface area contributed by atoms with Gasteiger partial charge in [0, 0.05) is 55.4 Å². The van der Waals surface area contributed by atoms with E-state index in [0.29, 0.717) is 12.1 Å². The topological polar surface area (TPSA) is 44.3 Å². The van der Waals surface area contributed by atoms with Gasteiger partial charge in [-0.15, -0.1) is 0 Å². The molecule has 1 saturated heterocycles. The van der Waals surface area contributed by atoms with Crippen LogP contribution in [0.4, 0.5) is 11.6 Å². The zero-order valence-electron chi connectivity index (χ0n) is 15.0. The number of anilines is 2. The molecular weight excluding hydrogens is 318 g/mol. The van der Waals surface area contributed by atoms with E-state index in [1.165, 1.54) is 0 Å². The molecule has 5 nitrogen and oxygen atoms in total. The average Bonchev–Trinajstić information content (AvgIpc) is 2.61. The summed E-state index contributed by atoms with van der Waals surface area (Å²) < 4.78 is 2.42. The Labute approximate surface area is 149 Å². The monoisotopic (exact) mass is 345 g/mol. The highest BCUT2D eigenvalue weighted by Crippen LogP contribution is 2.27. The Kier molecular flexibility index (Phi) is 5.46. The summed E-state index contributed by atoms with van der Waals surface area (Å²) in [5.41, 5.74) is 0. The molecule has 0 unspecified atom stereocenters. The van der Waals surface area contributed by atoms with Gasteiger partial charge in [0.05, 0.1) is 0 Å². The van der Waals surface area contributed by atoms with Gasteiger partial charge >= 0.3 is 0 Å². The lowest BCUT2D eigenvalue weighted by Gasteiger charge is -2.31. The molecule has 1 N–H and O–H groups in total. The Balaban J connectivity index is 1.81. The largest absolute Gasteiger partial charge is 0.367 e. The number of fused-ring (bicyclic) bond motifs is 1. The number of rotatable bonds is 5. The molecule has 0 atom stereocenters. The lowest BCUT2D eigenvalue weighted by Crippen LogP contribution is -2.35. The number of nitrogens with zero attached hydrogens (tertiary/aromatic N) is 4. The van der Waals surface area contributed by atoms with Crippen molar-refractivity contribution in [3.63, 3.8) is 0 Å². The van der Waals surface area contributed by atoms with E-state index in [1.54, 1.807) is 0 Å². The first-order chi connectivity index (χ1) is 11.6. The Morgan fingerprint density at radius 2 is 2.04 bits per heavy atom. The van der Waals surface area contributed by atoms with E-state index in [4.69, 9.17) is 0 Å². The molecule has 130 valence electrons. The first kappa shape index (κ1) is 17.3. The fraction of sp³-hybridized carbons (Fsp3) is 0.556. The smallest absolute Gasteiger partial charge is 0.136 e. The maximum absolute atomic E-state index is 4.61. The van der Waals surface area contributed by atoms with Crippen LogP contribution in [0, 0.1) is 0 Å². The summed E-state index contributed by atoms with van der Waals surface area (Å²) in [5.74, 6) is 1.97. The van der Waals surface area contributed by atoms with E-state index >= 15 is 0 Å². The molecule has 0 saturated carbocycles. The zero-order valence-corrected chi connectivity index (χ0v) is 15.8. The third-order valence-electron chi connectivity index (χ3n) is 4.80. The highest BCUT2D eigenvalue weighted by Gasteiger charge is 2.19. The Morgan fingerprint density at radius 1 is 1.29 bits per heavy atom. The molecule has 0 bridgehead atoms. The van der Waals surface area contributed by atoms with Crippen LogP contribution in [0.5, 0.6) is 0 Å². The molecule has 1 fully saturated rings. The molecule has 0 aliphatic carbocycles. The van der Waals surface area contributed by atoms with E-state index in [1.807, 2.05) is 30.4 Å². The predicted octanol–water partition coefficient (Wildman–Crippen LogP) is 3.63. The predicted molar refractivity (Wildman–Crippen MR) is 105 cm³/mol. The van der Waals surface area contributed by atoms with Crippen LogP contribution < -0.4 is 10.2 Å². The average molecular weight is 346 g/mol. The van der Waals surface area contributed by atoms with Crippen LogP contribution >= 0.6 is 11.9 Å². The van der Waals surface area contributed by atoms with E-state index in [0.717, 1.165) is 48.3 Å². The highest BCUT2D eigenvalue weighted by molar-refractivity contribution is 7.96. The van der Waals surface area contributed by atoms with Crippen LogP contribution in [0.2, 0.25) is 0 Å². The Bertz CT molecular complexity index is 682. The van der Waals surface area contributed by atoms with Crippen molar-refractivity contribution in [1.82, 2.24) is 14.3 Å². The van der Waals surface area contributed by atoms with Crippen LogP contribution in [0.1, 0.15) is 26.7 Å². The van der Waals surface area contributed by atoms with Crippen LogP contribution in [-0.4, -0.2) is 52.7 Å². The lowest BCUT2D eigenvalue weighted by molar-refractivity contribution is 0.359. The maximum Gasteiger partial charge on any atom is 0.136 e. The highest BCUT2D eigenvalue weighted by atomic mass is 32.2. The van der Waals surface area contributed by atoms with Crippen molar-refractivity contribution in [2.24, 2.45) is 0 Å². The summed E-state index contributed by atoms with van der Waals surface area (Å²) >= 11 is 1.84.